The predicted octanol–water partition coefficient (Wildman–Crippen LogP) is 2.74. The van der Waals surface area contributed by atoms with Crippen molar-refractivity contribution >= 4 is 11.7 Å². The number of fused-ring (bicyclic) bond motifs is 1. The Morgan fingerprint density at radius 2 is 1.79 bits per heavy atom. The molecule has 3 nitrogen and oxygen atoms in total. The number of ketones is 1. The van der Waals surface area contributed by atoms with Crippen LogP contribution in [0.2, 0.25) is 0 Å². The highest BCUT2D eigenvalue weighted by Gasteiger charge is 2.68. The number of hydrogen-bond acceptors (Lipinski definition) is 2. The van der Waals surface area contributed by atoms with E-state index in [0.29, 0.717) is 11.8 Å². The Morgan fingerprint density at radius 3 is 2.21 bits per heavy atom. The zero-order valence-electron chi connectivity index (χ0n) is 13.3. The van der Waals surface area contributed by atoms with E-state index in [0.717, 1.165) is 6.54 Å². The lowest BCUT2D eigenvalue weighted by molar-refractivity contribution is -0.144. The summed E-state index contributed by atoms with van der Waals surface area (Å²) in [6, 6.07) is -0.183. The van der Waals surface area contributed by atoms with Gasteiger partial charge in [0.05, 0.1) is 6.04 Å². The first-order valence-corrected chi connectivity index (χ1v) is 7.30. The quantitative estimate of drug-likeness (QED) is 0.770. The van der Waals surface area contributed by atoms with Gasteiger partial charge in [-0.3, -0.25) is 9.59 Å². The van der Waals surface area contributed by atoms with Crippen molar-refractivity contribution in [2.24, 2.45) is 28.6 Å². The van der Waals surface area contributed by atoms with Gasteiger partial charge >= 0.3 is 0 Å². The first kappa shape index (κ1) is 14.5. The molecule has 0 radical (unpaired) electrons. The van der Waals surface area contributed by atoms with Crippen LogP contribution in [0.1, 0.15) is 48.5 Å². The number of nitrogens with zero attached hydrogens (tertiary/aromatic N) is 1. The van der Waals surface area contributed by atoms with E-state index in [1.807, 2.05) is 11.8 Å². The summed E-state index contributed by atoms with van der Waals surface area (Å²) in [5.74, 6) is 1.14. The van der Waals surface area contributed by atoms with Gasteiger partial charge in [0.1, 0.15) is 0 Å². The van der Waals surface area contributed by atoms with Crippen LogP contribution in [0, 0.1) is 28.6 Å². The first-order chi connectivity index (χ1) is 8.49. The van der Waals surface area contributed by atoms with Crippen molar-refractivity contribution in [1.82, 2.24) is 4.90 Å². The molecule has 3 heteroatoms. The zero-order valence-corrected chi connectivity index (χ0v) is 13.3. The van der Waals surface area contributed by atoms with Gasteiger partial charge in [-0.15, -0.1) is 0 Å². The topological polar surface area (TPSA) is 37.4 Å². The Hall–Kier alpha value is -0.860. The molecule has 0 aromatic rings. The van der Waals surface area contributed by atoms with Gasteiger partial charge in [-0.2, -0.15) is 0 Å². The average Bonchev–Trinajstić information content (AvgIpc) is 2.65. The van der Waals surface area contributed by atoms with Crippen molar-refractivity contribution < 1.29 is 9.59 Å². The van der Waals surface area contributed by atoms with Crippen molar-refractivity contribution in [2.45, 2.75) is 54.5 Å². The minimum absolute atomic E-state index is 0.0463. The highest BCUT2D eigenvalue weighted by molar-refractivity contribution is 5.90. The van der Waals surface area contributed by atoms with Crippen molar-refractivity contribution in [3.05, 3.63) is 0 Å². The number of piperidine rings is 1. The maximum absolute atomic E-state index is 12.7. The summed E-state index contributed by atoms with van der Waals surface area (Å²) in [7, 11) is 0. The molecule has 4 unspecified atom stereocenters. The van der Waals surface area contributed by atoms with E-state index in [-0.39, 0.29) is 34.5 Å². The lowest BCUT2D eigenvalue weighted by Gasteiger charge is -2.35. The van der Waals surface area contributed by atoms with E-state index in [1.54, 1.807) is 6.92 Å². The fourth-order valence-electron chi connectivity index (χ4n) is 3.60. The van der Waals surface area contributed by atoms with Crippen LogP contribution >= 0.6 is 0 Å². The molecule has 2 aliphatic rings. The summed E-state index contributed by atoms with van der Waals surface area (Å²) >= 11 is 0. The van der Waals surface area contributed by atoms with E-state index in [9.17, 15) is 9.59 Å². The average molecular weight is 265 g/mol. The molecule has 0 aromatic carbocycles. The molecular formula is C16H27NO2. The Kier molecular flexibility index (Phi) is 3.11. The molecule has 19 heavy (non-hydrogen) atoms. The largest absolute Gasteiger partial charge is 0.332 e. The third-order valence-corrected chi connectivity index (χ3v) is 5.58. The second-order valence-electron chi connectivity index (χ2n) is 8.09. The maximum Gasteiger partial charge on any atom is 0.226 e. The van der Waals surface area contributed by atoms with Gasteiger partial charge in [0.25, 0.3) is 0 Å². The molecule has 1 aliphatic carbocycles. The molecular weight excluding hydrogens is 238 g/mol. The van der Waals surface area contributed by atoms with Gasteiger partial charge in [-0.25, -0.2) is 0 Å². The third kappa shape index (κ3) is 2.11. The van der Waals surface area contributed by atoms with Gasteiger partial charge in [0.2, 0.25) is 5.91 Å². The molecule has 0 spiro atoms. The van der Waals surface area contributed by atoms with Crippen LogP contribution in [-0.4, -0.2) is 29.2 Å². The number of carbonyl (C=O) groups excluding carboxylic acids is 2. The van der Waals surface area contributed by atoms with Crippen LogP contribution in [0.25, 0.3) is 0 Å². The Morgan fingerprint density at radius 1 is 1.26 bits per heavy atom. The minimum Gasteiger partial charge on any atom is -0.332 e. The van der Waals surface area contributed by atoms with Gasteiger partial charge in [-0.1, -0.05) is 41.5 Å². The number of amides is 1. The predicted molar refractivity (Wildman–Crippen MR) is 75.6 cm³/mol. The molecule has 1 heterocycles. The van der Waals surface area contributed by atoms with Crippen molar-refractivity contribution in [3.8, 4) is 0 Å². The van der Waals surface area contributed by atoms with Crippen molar-refractivity contribution in [3.63, 3.8) is 0 Å². The standard InChI is InChI=1S/C16H27NO2/c1-9(15(3,4)5)14(19)17-8-11-12(16(11,6)7)13(17)10(2)18/h9,11-13H,8H2,1-7H3. The second-order valence-corrected chi connectivity index (χ2v) is 8.09. The fraction of sp³-hybridized carbons (Fsp3) is 0.875. The Labute approximate surface area is 116 Å². The Bertz CT molecular complexity index is 419. The van der Waals surface area contributed by atoms with Crippen LogP contribution in [-0.2, 0) is 9.59 Å². The van der Waals surface area contributed by atoms with Crippen molar-refractivity contribution in [1.29, 1.82) is 0 Å². The number of Topliss-reactive ketones (excluding diaryl/α,β-unsaturated/α-hetero) is 1. The van der Waals surface area contributed by atoms with Gasteiger partial charge < -0.3 is 4.90 Å². The molecule has 108 valence electrons. The summed E-state index contributed by atoms with van der Waals surface area (Å²) in [4.78, 5) is 26.5. The van der Waals surface area contributed by atoms with Crippen LogP contribution in [0.5, 0.6) is 0 Å². The molecule has 4 atom stereocenters. The molecule has 1 amide bonds. The van der Waals surface area contributed by atoms with E-state index < -0.39 is 0 Å². The smallest absolute Gasteiger partial charge is 0.226 e. The molecule has 1 saturated carbocycles. The zero-order chi connectivity index (χ0) is 14.7. The lowest BCUT2D eigenvalue weighted by Crippen LogP contribution is -2.48. The number of hydrogen-bond donors (Lipinski definition) is 0. The SMILES string of the molecule is CC(=O)C1C2C(CN1C(=O)C(C)C(C)(C)C)C2(C)C. The highest BCUT2D eigenvalue weighted by atomic mass is 16.2. The van der Waals surface area contributed by atoms with E-state index >= 15 is 0 Å². The molecule has 0 bridgehead atoms. The normalized spacial score (nSPS) is 33.8. The minimum atomic E-state index is -0.183. The first-order valence-electron chi connectivity index (χ1n) is 7.30. The molecule has 0 aromatic heterocycles. The molecule has 1 aliphatic heterocycles. The summed E-state index contributed by atoms with van der Waals surface area (Å²) in [6.45, 7) is 15.1. The van der Waals surface area contributed by atoms with Crippen molar-refractivity contribution in [2.75, 3.05) is 6.54 Å². The van der Waals surface area contributed by atoms with E-state index in [1.165, 1.54) is 0 Å². The second kappa shape index (κ2) is 4.07. The summed E-state index contributed by atoms with van der Waals surface area (Å²) < 4.78 is 0. The molecule has 1 saturated heterocycles. The van der Waals surface area contributed by atoms with Crippen LogP contribution in [0.4, 0.5) is 0 Å². The van der Waals surface area contributed by atoms with E-state index in [2.05, 4.69) is 34.6 Å². The monoisotopic (exact) mass is 265 g/mol. The summed E-state index contributed by atoms with van der Waals surface area (Å²) in [5.41, 5.74) is 0.179. The summed E-state index contributed by atoms with van der Waals surface area (Å²) in [6.07, 6.45) is 0. The molecule has 0 N–H and O–H groups in total. The van der Waals surface area contributed by atoms with Gasteiger partial charge in [-0.05, 0) is 29.6 Å². The third-order valence-electron chi connectivity index (χ3n) is 5.58. The molecule has 2 rings (SSSR count). The lowest BCUT2D eigenvalue weighted by atomic mass is 9.80. The number of rotatable bonds is 2. The van der Waals surface area contributed by atoms with Crippen LogP contribution in [0.3, 0.4) is 0 Å². The number of likely N-dealkylation sites (tertiary alicyclic amines) is 1. The van der Waals surface area contributed by atoms with Crippen LogP contribution < -0.4 is 0 Å². The van der Waals surface area contributed by atoms with Gasteiger partial charge in [0.15, 0.2) is 5.78 Å². The summed E-state index contributed by atoms with van der Waals surface area (Å²) in [5, 5.41) is 0. The van der Waals surface area contributed by atoms with Crippen LogP contribution in [0.15, 0.2) is 0 Å². The number of carbonyl (C=O) groups is 2. The Balaban J connectivity index is 2.19. The van der Waals surface area contributed by atoms with E-state index in [4.69, 9.17) is 0 Å². The fourth-order valence-corrected chi connectivity index (χ4v) is 3.60. The molecule has 2 fully saturated rings. The highest BCUT2D eigenvalue weighted by Crippen LogP contribution is 2.65. The van der Waals surface area contributed by atoms with Gasteiger partial charge in [0, 0.05) is 12.5 Å². The maximum atomic E-state index is 12.7.